The summed E-state index contributed by atoms with van der Waals surface area (Å²) in [5.74, 6) is -0.611. The number of halogens is 4. The highest BCUT2D eigenvalue weighted by Crippen LogP contribution is 2.42. The lowest BCUT2D eigenvalue weighted by atomic mass is 9.98. The van der Waals surface area contributed by atoms with Gasteiger partial charge in [0.15, 0.2) is 0 Å². The average molecular weight is 483 g/mol. The molecule has 0 aliphatic carbocycles. The Hall–Kier alpha value is -2.70. The van der Waals surface area contributed by atoms with Crippen molar-refractivity contribution in [2.24, 2.45) is 0 Å². The Kier molecular flexibility index (Phi) is 6.35. The van der Waals surface area contributed by atoms with Crippen molar-refractivity contribution in [3.05, 3.63) is 60.2 Å². The predicted molar refractivity (Wildman–Crippen MR) is 115 cm³/mol. The maximum absolute atomic E-state index is 13.7. The Morgan fingerprint density at radius 1 is 1.09 bits per heavy atom. The van der Waals surface area contributed by atoms with E-state index in [-0.39, 0.29) is 22.8 Å². The molecule has 2 aromatic carbocycles. The number of rotatable bonds is 5. The SMILES string of the molecule is O=S([O-])Nc1cccc(-c2c(-c3ccc(F)cc3)nc(C(F)(F)F)nc2N2CCSC2)c1. The van der Waals surface area contributed by atoms with Crippen molar-refractivity contribution < 1.29 is 26.3 Å². The summed E-state index contributed by atoms with van der Waals surface area (Å²) in [6.07, 6.45) is -4.79. The second-order valence-corrected chi connectivity index (χ2v) is 8.57. The van der Waals surface area contributed by atoms with Gasteiger partial charge in [-0.3, -0.25) is 4.21 Å². The van der Waals surface area contributed by atoms with Crippen LogP contribution in [-0.2, 0) is 17.4 Å². The van der Waals surface area contributed by atoms with Gasteiger partial charge in [-0.15, -0.1) is 11.8 Å². The van der Waals surface area contributed by atoms with E-state index < -0.39 is 29.1 Å². The number of benzene rings is 2. The molecule has 4 rings (SSSR count). The molecule has 1 unspecified atom stereocenters. The van der Waals surface area contributed by atoms with E-state index >= 15 is 0 Å². The van der Waals surface area contributed by atoms with Crippen molar-refractivity contribution in [3.63, 3.8) is 0 Å². The van der Waals surface area contributed by atoms with Gasteiger partial charge in [0.25, 0.3) is 0 Å². The molecule has 1 saturated heterocycles. The van der Waals surface area contributed by atoms with Crippen molar-refractivity contribution in [1.29, 1.82) is 0 Å². The molecule has 0 amide bonds. The van der Waals surface area contributed by atoms with Gasteiger partial charge in [-0.05, 0) is 42.0 Å². The lowest BCUT2D eigenvalue weighted by Gasteiger charge is -2.23. The molecule has 1 N–H and O–H groups in total. The van der Waals surface area contributed by atoms with E-state index in [9.17, 15) is 26.3 Å². The number of hydrogen-bond donors (Lipinski definition) is 1. The zero-order valence-corrected chi connectivity index (χ0v) is 17.9. The first kappa shape index (κ1) is 22.5. The number of aromatic nitrogens is 2. The van der Waals surface area contributed by atoms with E-state index in [1.165, 1.54) is 24.3 Å². The molecule has 168 valence electrons. The summed E-state index contributed by atoms with van der Waals surface area (Å²) < 4.78 is 78.9. The number of hydrogen-bond acceptors (Lipinski definition) is 6. The molecule has 0 saturated carbocycles. The molecular weight excluding hydrogens is 468 g/mol. The summed E-state index contributed by atoms with van der Waals surface area (Å²) in [4.78, 5) is 9.38. The van der Waals surface area contributed by atoms with E-state index in [2.05, 4.69) is 14.7 Å². The minimum Gasteiger partial charge on any atom is -0.755 e. The summed E-state index contributed by atoms with van der Waals surface area (Å²) in [5, 5.41) is 0. The largest absolute Gasteiger partial charge is 0.755 e. The van der Waals surface area contributed by atoms with Crippen LogP contribution in [0.2, 0.25) is 0 Å². The molecule has 12 heteroatoms. The minimum absolute atomic E-state index is 0.0281. The number of anilines is 2. The monoisotopic (exact) mass is 483 g/mol. The molecular formula is C20H15F4N4O2S2-. The zero-order chi connectivity index (χ0) is 22.9. The van der Waals surface area contributed by atoms with E-state index in [0.29, 0.717) is 29.3 Å². The minimum atomic E-state index is -4.79. The van der Waals surface area contributed by atoms with Crippen LogP contribution in [0.15, 0.2) is 48.5 Å². The summed E-state index contributed by atoms with van der Waals surface area (Å²) in [6.45, 7) is 0.483. The third-order valence-electron chi connectivity index (χ3n) is 4.67. The molecule has 0 bridgehead atoms. The smallest absolute Gasteiger partial charge is 0.451 e. The van der Waals surface area contributed by atoms with Crippen LogP contribution in [0.25, 0.3) is 22.4 Å². The molecule has 0 radical (unpaired) electrons. The third-order valence-corrected chi connectivity index (χ3v) is 6.03. The fourth-order valence-corrected chi connectivity index (χ4v) is 4.57. The van der Waals surface area contributed by atoms with Crippen molar-refractivity contribution in [1.82, 2.24) is 9.97 Å². The molecule has 1 atom stereocenters. The van der Waals surface area contributed by atoms with E-state index in [1.54, 1.807) is 28.8 Å². The molecule has 1 aliphatic rings. The van der Waals surface area contributed by atoms with Crippen LogP contribution in [0, 0.1) is 5.82 Å². The Morgan fingerprint density at radius 2 is 1.84 bits per heavy atom. The highest BCUT2D eigenvalue weighted by Gasteiger charge is 2.37. The third kappa shape index (κ3) is 4.87. The van der Waals surface area contributed by atoms with Gasteiger partial charge in [-0.2, -0.15) is 13.2 Å². The quantitative estimate of drug-likeness (QED) is 0.419. The molecule has 2 heterocycles. The maximum atomic E-state index is 13.7. The molecule has 3 aromatic rings. The second-order valence-electron chi connectivity index (χ2n) is 6.82. The highest BCUT2D eigenvalue weighted by atomic mass is 32.2. The summed E-state index contributed by atoms with van der Waals surface area (Å²) >= 11 is -1.03. The first-order chi connectivity index (χ1) is 15.2. The first-order valence-corrected chi connectivity index (χ1v) is 11.5. The lowest BCUT2D eigenvalue weighted by molar-refractivity contribution is -0.144. The van der Waals surface area contributed by atoms with Crippen LogP contribution < -0.4 is 9.62 Å². The first-order valence-electron chi connectivity index (χ1n) is 9.26. The zero-order valence-electron chi connectivity index (χ0n) is 16.2. The molecule has 6 nitrogen and oxygen atoms in total. The number of nitrogens with one attached hydrogen (secondary N) is 1. The molecule has 1 aliphatic heterocycles. The molecule has 1 fully saturated rings. The summed E-state index contributed by atoms with van der Waals surface area (Å²) in [5.41, 5.74) is 1.18. The van der Waals surface area contributed by atoms with Gasteiger partial charge >= 0.3 is 6.18 Å². The Labute approximate surface area is 187 Å². The maximum Gasteiger partial charge on any atom is 0.451 e. The fraction of sp³-hybridized carbons (Fsp3) is 0.200. The summed E-state index contributed by atoms with van der Waals surface area (Å²) in [7, 11) is 0. The predicted octanol–water partition coefficient (Wildman–Crippen LogP) is 4.69. The Bertz CT molecular complexity index is 1150. The highest BCUT2D eigenvalue weighted by molar-refractivity contribution is 7.99. The molecule has 0 spiro atoms. The number of nitrogens with zero attached hydrogens (tertiary/aromatic N) is 3. The van der Waals surface area contributed by atoms with Gasteiger partial charge in [-0.1, -0.05) is 12.1 Å². The number of thioether (sulfide) groups is 1. The van der Waals surface area contributed by atoms with E-state index in [0.717, 1.165) is 12.1 Å². The van der Waals surface area contributed by atoms with Crippen LogP contribution in [0.4, 0.5) is 29.1 Å². The van der Waals surface area contributed by atoms with Gasteiger partial charge in [0.1, 0.15) is 11.6 Å². The van der Waals surface area contributed by atoms with Crippen LogP contribution >= 0.6 is 11.8 Å². The van der Waals surface area contributed by atoms with Crippen LogP contribution in [0.1, 0.15) is 5.82 Å². The van der Waals surface area contributed by atoms with Crippen molar-refractivity contribution in [2.75, 3.05) is 27.8 Å². The molecule has 1 aromatic heterocycles. The standard InChI is InChI=1S/C20H16F4N4O2S2/c21-14-6-4-12(5-7-14)17-16(13-2-1-3-15(10-13)27-32(29)30)18(28-8-9-31-11-28)26-19(25-17)20(22,23)24/h1-7,10,27H,8-9,11H2,(H,29,30)/p-1. The fourth-order valence-electron chi connectivity index (χ4n) is 3.30. The molecule has 32 heavy (non-hydrogen) atoms. The number of alkyl halides is 3. The lowest BCUT2D eigenvalue weighted by Crippen LogP contribution is -2.23. The topological polar surface area (TPSA) is 81.2 Å². The Morgan fingerprint density at radius 3 is 2.47 bits per heavy atom. The average Bonchev–Trinajstić information content (AvgIpc) is 3.27. The summed E-state index contributed by atoms with van der Waals surface area (Å²) in [6, 6.07) is 11.2. The van der Waals surface area contributed by atoms with Crippen LogP contribution in [0.3, 0.4) is 0 Å². The van der Waals surface area contributed by atoms with Crippen LogP contribution in [0.5, 0.6) is 0 Å². The van der Waals surface area contributed by atoms with Crippen molar-refractivity contribution in [3.8, 4) is 22.4 Å². The van der Waals surface area contributed by atoms with E-state index in [4.69, 9.17) is 0 Å². The van der Waals surface area contributed by atoms with Crippen molar-refractivity contribution in [2.45, 2.75) is 6.18 Å². The van der Waals surface area contributed by atoms with Crippen LogP contribution in [-0.4, -0.2) is 36.9 Å². The van der Waals surface area contributed by atoms with Gasteiger partial charge in [0.2, 0.25) is 5.82 Å². The van der Waals surface area contributed by atoms with Gasteiger partial charge in [-0.25, -0.2) is 14.4 Å². The van der Waals surface area contributed by atoms with Gasteiger partial charge in [0.05, 0.1) is 17.1 Å². The van der Waals surface area contributed by atoms with E-state index in [1.807, 2.05) is 0 Å². The van der Waals surface area contributed by atoms with Gasteiger partial charge in [0, 0.05) is 34.8 Å². The second kappa shape index (κ2) is 9.04. The van der Waals surface area contributed by atoms with Gasteiger partial charge < -0.3 is 14.2 Å². The van der Waals surface area contributed by atoms with Crippen molar-refractivity contribution >= 4 is 34.5 Å². The normalized spacial score (nSPS) is 15.1. The Balaban J connectivity index is 2.01.